The molecule has 0 amide bonds. The van der Waals surface area contributed by atoms with Crippen LogP contribution in [0.1, 0.15) is 42.1 Å². The molecule has 0 bridgehead atoms. The minimum atomic E-state index is -4.58. The Kier molecular flexibility index (Phi) is 6.47. The zero-order valence-electron chi connectivity index (χ0n) is 16.3. The summed E-state index contributed by atoms with van der Waals surface area (Å²) in [5.41, 5.74) is 2.09. The molecule has 0 fully saturated rings. The fraction of sp³-hybridized carbons (Fsp3) is 0.273. The topological polar surface area (TPSA) is 35.0 Å². The lowest BCUT2D eigenvalue weighted by Crippen LogP contribution is -2.10. The van der Waals surface area contributed by atoms with Gasteiger partial charge in [0.15, 0.2) is 10.9 Å². The number of aryl methyl sites for hydroxylation is 1. The Hall–Kier alpha value is -2.54. The van der Waals surface area contributed by atoms with Crippen molar-refractivity contribution in [2.24, 2.45) is 0 Å². The van der Waals surface area contributed by atoms with E-state index in [1.165, 1.54) is 0 Å². The summed E-state index contributed by atoms with van der Waals surface area (Å²) in [6, 6.07) is 15.8. The Bertz CT molecular complexity index is 990. The van der Waals surface area contributed by atoms with Crippen molar-refractivity contribution in [3.05, 3.63) is 77.0 Å². The van der Waals surface area contributed by atoms with Gasteiger partial charge in [0.25, 0.3) is 0 Å². The highest BCUT2D eigenvalue weighted by Crippen LogP contribution is 2.33. The van der Waals surface area contributed by atoms with Crippen LogP contribution >= 0.6 is 11.8 Å². The van der Waals surface area contributed by atoms with Crippen LogP contribution < -0.4 is 4.74 Å². The molecule has 7 heteroatoms. The van der Waals surface area contributed by atoms with Crippen LogP contribution in [0.3, 0.4) is 0 Å². The summed E-state index contributed by atoms with van der Waals surface area (Å²) in [5.74, 6) is 1.06. The third kappa shape index (κ3) is 5.73. The summed E-state index contributed by atoms with van der Waals surface area (Å²) in [5, 5.41) is 0.0260. The first-order chi connectivity index (χ1) is 13.7. The minimum Gasteiger partial charge on any atom is -0.439 e. The summed E-state index contributed by atoms with van der Waals surface area (Å²) < 4.78 is 45.6. The molecule has 0 saturated carbocycles. The summed E-state index contributed by atoms with van der Waals surface area (Å²) in [7, 11) is 0. The van der Waals surface area contributed by atoms with Gasteiger partial charge < -0.3 is 4.74 Å². The molecule has 0 radical (unpaired) electrons. The monoisotopic (exact) mass is 418 g/mol. The Morgan fingerprint density at radius 2 is 1.76 bits per heavy atom. The predicted molar refractivity (Wildman–Crippen MR) is 108 cm³/mol. The maximum absolute atomic E-state index is 13.3. The highest BCUT2D eigenvalue weighted by Gasteiger charge is 2.34. The van der Waals surface area contributed by atoms with Gasteiger partial charge in [0.2, 0.25) is 5.88 Å². The molecule has 0 aliphatic carbocycles. The number of rotatable bonds is 6. The van der Waals surface area contributed by atoms with Gasteiger partial charge >= 0.3 is 6.18 Å². The molecule has 1 heterocycles. The summed E-state index contributed by atoms with van der Waals surface area (Å²) in [6.45, 7) is 6.02. The number of thioether (sulfide) groups is 1. The van der Waals surface area contributed by atoms with Crippen LogP contribution in [0.25, 0.3) is 0 Å². The molecule has 3 rings (SSSR count). The van der Waals surface area contributed by atoms with Crippen LogP contribution in [0, 0.1) is 6.92 Å². The molecule has 0 unspecified atom stereocenters. The van der Waals surface area contributed by atoms with Crippen molar-refractivity contribution >= 4 is 11.8 Å². The van der Waals surface area contributed by atoms with E-state index in [1.54, 1.807) is 12.1 Å². The fourth-order valence-electron chi connectivity index (χ4n) is 2.64. The van der Waals surface area contributed by atoms with Crippen LogP contribution in [0.5, 0.6) is 11.6 Å². The van der Waals surface area contributed by atoms with Crippen molar-refractivity contribution < 1.29 is 17.9 Å². The zero-order valence-corrected chi connectivity index (χ0v) is 17.1. The lowest BCUT2D eigenvalue weighted by atomic mass is 10.0. The number of halogens is 3. The normalized spacial score (nSPS) is 11.7. The number of hydrogen-bond acceptors (Lipinski definition) is 4. The van der Waals surface area contributed by atoms with Crippen molar-refractivity contribution in [3.63, 3.8) is 0 Å². The van der Waals surface area contributed by atoms with Gasteiger partial charge in [-0.05, 0) is 41.7 Å². The summed E-state index contributed by atoms with van der Waals surface area (Å²) in [4.78, 5) is 7.87. The molecular formula is C22H21F3N2OS. The summed E-state index contributed by atoms with van der Waals surface area (Å²) >= 11 is 1.15. The molecule has 0 saturated heterocycles. The Morgan fingerprint density at radius 1 is 1.00 bits per heavy atom. The van der Waals surface area contributed by atoms with Crippen molar-refractivity contribution in [1.82, 2.24) is 9.97 Å². The fourth-order valence-corrected chi connectivity index (χ4v) is 3.56. The summed E-state index contributed by atoms with van der Waals surface area (Å²) in [6.07, 6.45) is -4.58. The number of hydrogen-bond donors (Lipinski definition) is 0. The second-order valence-electron chi connectivity index (χ2n) is 6.92. The molecule has 3 aromatic rings. The molecule has 152 valence electrons. The van der Waals surface area contributed by atoms with Gasteiger partial charge in [-0.3, -0.25) is 0 Å². The van der Waals surface area contributed by atoms with E-state index in [2.05, 4.69) is 9.97 Å². The molecule has 0 aliphatic heterocycles. The van der Waals surface area contributed by atoms with E-state index in [4.69, 9.17) is 4.74 Å². The van der Waals surface area contributed by atoms with Gasteiger partial charge in [-0.25, -0.2) is 4.98 Å². The first-order valence-corrected chi connectivity index (χ1v) is 10.1. The average molecular weight is 418 g/mol. The van der Waals surface area contributed by atoms with Crippen molar-refractivity contribution in [1.29, 1.82) is 0 Å². The van der Waals surface area contributed by atoms with Crippen molar-refractivity contribution in [3.8, 4) is 11.6 Å². The van der Waals surface area contributed by atoms with Gasteiger partial charge in [-0.1, -0.05) is 62.0 Å². The lowest BCUT2D eigenvalue weighted by molar-refractivity contribution is -0.141. The first-order valence-electron chi connectivity index (χ1n) is 9.14. The minimum absolute atomic E-state index is 0.0260. The Labute approximate surface area is 172 Å². The van der Waals surface area contributed by atoms with Gasteiger partial charge in [0.05, 0.1) is 0 Å². The second-order valence-corrected chi connectivity index (χ2v) is 7.86. The van der Waals surface area contributed by atoms with E-state index in [0.717, 1.165) is 34.5 Å². The van der Waals surface area contributed by atoms with Crippen molar-refractivity contribution in [2.75, 3.05) is 0 Å². The maximum Gasteiger partial charge on any atom is 0.433 e. The maximum atomic E-state index is 13.3. The zero-order chi connectivity index (χ0) is 21.0. The highest BCUT2D eigenvalue weighted by molar-refractivity contribution is 7.98. The Morgan fingerprint density at radius 3 is 2.45 bits per heavy atom. The average Bonchev–Trinajstić information content (AvgIpc) is 2.67. The number of benzene rings is 2. The molecule has 0 N–H and O–H groups in total. The van der Waals surface area contributed by atoms with Crippen LogP contribution in [0.15, 0.2) is 59.8 Å². The Balaban J connectivity index is 1.88. The lowest BCUT2D eigenvalue weighted by Gasteiger charge is -2.12. The highest BCUT2D eigenvalue weighted by atomic mass is 32.2. The number of alkyl halides is 3. The molecular weight excluding hydrogens is 397 g/mol. The molecule has 29 heavy (non-hydrogen) atoms. The SMILES string of the molecule is Cc1ccccc1CSc1nc(Oc2cccc(C(C)C)c2)cc(C(F)(F)F)n1. The predicted octanol–water partition coefficient (Wildman–Crippen LogP) is 7.01. The smallest absolute Gasteiger partial charge is 0.433 e. The molecule has 0 aliphatic rings. The van der Waals surface area contributed by atoms with Gasteiger partial charge in [0, 0.05) is 11.8 Å². The second kappa shape index (κ2) is 8.86. The number of aromatic nitrogens is 2. The van der Waals surface area contributed by atoms with E-state index in [1.807, 2.05) is 57.2 Å². The van der Waals surface area contributed by atoms with E-state index in [9.17, 15) is 13.2 Å². The van der Waals surface area contributed by atoms with Crippen LogP contribution in [-0.2, 0) is 11.9 Å². The van der Waals surface area contributed by atoms with E-state index in [0.29, 0.717) is 11.5 Å². The standard InChI is InChI=1S/C22H21F3N2OS/c1-14(2)16-9-6-10-18(11-16)28-20-12-19(22(23,24)25)26-21(27-20)29-13-17-8-5-4-7-15(17)3/h4-12,14H,13H2,1-3H3. The van der Waals surface area contributed by atoms with E-state index < -0.39 is 11.9 Å². The van der Waals surface area contributed by atoms with Gasteiger partial charge in [-0.2, -0.15) is 18.2 Å². The molecule has 0 spiro atoms. The van der Waals surface area contributed by atoms with Crippen LogP contribution in [-0.4, -0.2) is 9.97 Å². The number of nitrogens with zero attached hydrogens (tertiary/aromatic N) is 2. The molecule has 0 atom stereocenters. The third-order valence-electron chi connectivity index (χ3n) is 4.34. The van der Waals surface area contributed by atoms with Crippen molar-refractivity contribution in [2.45, 2.75) is 43.8 Å². The molecule has 1 aromatic heterocycles. The van der Waals surface area contributed by atoms with Gasteiger partial charge in [-0.15, -0.1) is 0 Å². The van der Waals surface area contributed by atoms with E-state index >= 15 is 0 Å². The largest absolute Gasteiger partial charge is 0.439 e. The van der Waals surface area contributed by atoms with Crippen LogP contribution in [0.4, 0.5) is 13.2 Å². The number of ether oxygens (including phenoxy) is 1. The molecule has 2 aromatic carbocycles. The van der Waals surface area contributed by atoms with Gasteiger partial charge in [0.1, 0.15) is 5.75 Å². The molecule has 3 nitrogen and oxygen atoms in total. The van der Waals surface area contributed by atoms with Crippen LogP contribution in [0.2, 0.25) is 0 Å². The quantitative estimate of drug-likeness (QED) is 0.318. The first kappa shape index (κ1) is 21.2. The van der Waals surface area contributed by atoms with E-state index in [-0.39, 0.29) is 17.0 Å². The third-order valence-corrected chi connectivity index (χ3v) is 5.23.